The predicted octanol–water partition coefficient (Wildman–Crippen LogP) is 4.12. The molecule has 1 rings (SSSR count). The molecule has 71 valence electrons. The van der Waals surface area contributed by atoms with Crippen LogP contribution in [0.3, 0.4) is 0 Å². The third-order valence-electron chi connectivity index (χ3n) is 2.46. The van der Waals surface area contributed by atoms with E-state index in [-0.39, 0.29) is 0 Å². The third-order valence-corrected chi connectivity index (χ3v) is 2.46. The summed E-state index contributed by atoms with van der Waals surface area (Å²) < 4.78 is 0. The van der Waals surface area contributed by atoms with Crippen molar-refractivity contribution >= 4 is 0 Å². The first-order valence-corrected chi connectivity index (χ1v) is 4.98. The van der Waals surface area contributed by atoms with Gasteiger partial charge in [-0.1, -0.05) is 45.9 Å². The van der Waals surface area contributed by atoms with Crippen molar-refractivity contribution in [3.05, 3.63) is 41.8 Å². The quantitative estimate of drug-likeness (QED) is 0.634. The van der Waals surface area contributed by atoms with E-state index in [0.717, 1.165) is 0 Å². The Bertz CT molecular complexity index is 282. The molecule has 0 bridgehead atoms. The fourth-order valence-electron chi connectivity index (χ4n) is 1.51. The summed E-state index contributed by atoms with van der Waals surface area (Å²) in [5.41, 5.74) is 3.96. The Morgan fingerprint density at radius 2 is 1.62 bits per heavy atom. The second kappa shape index (κ2) is 3.95. The largest absolute Gasteiger partial charge is 0.0587 e. The second-order valence-electron chi connectivity index (χ2n) is 4.27. The molecule has 0 saturated heterocycles. The normalized spacial score (nSPS) is 11.3. The Kier molecular flexibility index (Phi) is 3.13. The smallest absolute Gasteiger partial charge is 0.0216 e. The van der Waals surface area contributed by atoms with E-state index >= 15 is 0 Å². The zero-order valence-electron chi connectivity index (χ0n) is 9.09. The lowest BCUT2D eigenvalue weighted by atomic mass is 9.92. The van der Waals surface area contributed by atoms with E-state index in [2.05, 4.69) is 52.8 Å². The number of hydrogen-bond donors (Lipinski definition) is 0. The summed E-state index contributed by atoms with van der Waals surface area (Å²) in [6.45, 7) is 12.9. The van der Waals surface area contributed by atoms with Crippen molar-refractivity contribution < 1.29 is 0 Å². The Labute approximate surface area is 82.0 Å². The van der Waals surface area contributed by atoms with Gasteiger partial charge in [0.25, 0.3) is 0 Å². The molecule has 0 saturated carbocycles. The SMILES string of the molecule is [CH2]c1ccc(C(C)C)cc1C(C)C. The van der Waals surface area contributed by atoms with Crippen molar-refractivity contribution in [1.29, 1.82) is 0 Å². The zero-order valence-corrected chi connectivity index (χ0v) is 9.09. The first-order valence-electron chi connectivity index (χ1n) is 4.98. The summed E-state index contributed by atoms with van der Waals surface area (Å²) in [5, 5.41) is 0. The van der Waals surface area contributed by atoms with Gasteiger partial charge in [0.05, 0.1) is 0 Å². The Morgan fingerprint density at radius 1 is 1.00 bits per heavy atom. The number of rotatable bonds is 2. The van der Waals surface area contributed by atoms with Gasteiger partial charge in [0.15, 0.2) is 0 Å². The molecular weight excluding hydrogens is 156 g/mol. The molecule has 0 amide bonds. The predicted molar refractivity (Wildman–Crippen MR) is 59.1 cm³/mol. The lowest BCUT2D eigenvalue weighted by Crippen LogP contribution is -1.95. The second-order valence-corrected chi connectivity index (χ2v) is 4.27. The molecule has 1 aromatic carbocycles. The van der Waals surface area contributed by atoms with Crippen LogP contribution < -0.4 is 0 Å². The molecule has 1 aromatic rings. The first-order chi connectivity index (χ1) is 6.02. The minimum Gasteiger partial charge on any atom is -0.0587 e. The summed E-state index contributed by atoms with van der Waals surface area (Å²) in [5.74, 6) is 1.18. The highest BCUT2D eigenvalue weighted by Crippen LogP contribution is 2.23. The van der Waals surface area contributed by atoms with Gasteiger partial charge in [-0.15, -0.1) is 0 Å². The highest BCUT2D eigenvalue weighted by atomic mass is 14.1. The van der Waals surface area contributed by atoms with Crippen molar-refractivity contribution in [2.24, 2.45) is 0 Å². The van der Waals surface area contributed by atoms with Gasteiger partial charge in [0.2, 0.25) is 0 Å². The van der Waals surface area contributed by atoms with Crippen LogP contribution in [0.25, 0.3) is 0 Å². The zero-order chi connectivity index (χ0) is 10.0. The molecule has 0 spiro atoms. The average molecular weight is 175 g/mol. The van der Waals surface area contributed by atoms with Crippen LogP contribution in [0.1, 0.15) is 56.2 Å². The summed E-state index contributed by atoms with van der Waals surface area (Å²) in [6, 6.07) is 6.60. The summed E-state index contributed by atoms with van der Waals surface area (Å²) in [7, 11) is 0. The lowest BCUT2D eigenvalue weighted by molar-refractivity contribution is 0.830. The summed E-state index contributed by atoms with van der Waals surface area (Å²) in [6.07, 6.45) is 0. The Morgan fingerprint density at radius 3 is 2.08 bits per heavy atom. The summed E-state index contributed by atoms with van der Waals surface area (Å²) in [4.78, 5) is 0. The highest BCUT2D eigenvalue weighted by Gasteiger charge is 2.06. The number of hydrogen-bond acceptors (Lipinski definition) is 0. The molecule has 0 nitrogen and oxygen atoms in total. The van der Waals surface area contributed by atoms with Gasteiger partial charge in [0, 0.05) is 0 Å². The van der Waals surface area contributed by atoms with E-state index in [1.54, 1.807) is 0 Å². The fourth-order valence-corrected chi connectivity index (χ4v) is 1.51. The molecule has 0 fully saturated rings. The third kappa shape index (κ3) is 2.33. The molecule has 1 radical (unpaired) electrons. The van der Waals surface area contributed by atoms with Crippen molar-refractivity contribution in [1.82, 2.24) is 0 Å². The molecule has 0 heteroatoms. The van der Waals surface area contributed by atoms with E-state index in [1.165, 1.54) is 16.7 Å². The molecular formula is C13H19. The Balaban J connectivity index is 3.11. The Hall–Kier alpha value is -0.780. The van der Waals surface area contributed by atoms with Gasteiger partial charge in [-0.05, 0) is 35.4 Å². The van der Waals surface area contributed by atoms with Crippen LogP contribution in [0.2, 0.25) is 0 Å². The van der Waals surface area contributed by atoms with Crippen LogP contribution in [-0.2, 0) is 0 Å². The molecule has 0 unspecified atom stereocenters. The maximum Gasteiger partial charge on any atom is -0.0216 e. The van der Waals surface area contributed by atoms with Crippen LogP contribution in [-0.4, -0.2) is 0 Å². The van der Waals surface area contributed by atoms with E-state index in [1.807, 2.05) is 0 Å². The topological polar surface area (TPSA) is 0 Å². The van der Waals surface area contributed by atoms with Crippen molar-refractivity contribution in [3.8, 4) is 0 Å². The van der Waals surface area contributed by atoms with Gasteiger partial charge in [-0.3, -0.25) is 0 Å². The standard InChI is InChI=1S/C13H19/c1-9(2)12-7-6-11(5)13(8-12)10(3)4/h6-10H,5H2,1-4H3. The van der Waals surface area contributed by atoms with E-state index in [0.29, 0.717) is 11.8 Å². The van der Waals surface area contributed by atoms with Gasteiger partial charge in [-0.25, -0.2) is 0 Å². The van der Waals surface area contributed by atoms with Crippen molar-refractivity contribution in [2.75, 3.05) is 0 Å². The average Bonchev–Trinajstić information content (AvgIpc) is 2.04. The minimum atomic E-state index is 0.575. The molecule has 0 atom stereocenters. The van der Waals surface area contributed by atoms with Crippen LogP contribution in [0, 0.1) is 6.92 Å². The van der Waals surface area contributed by atoms with Gasteiger partial charge < -0.3 is 0 Å². The highest BCUT2D eigenvalue weighted by molar-refractivity contribution is 5.37. The van der Waals surface area contributed by atoms with Crippen LogP contribution in [0.15, 0.2) is 18.2 Å². The monoisotopic (exact) mass is 175 g/mol. The lowest BCUT2D eigenvalue weighted by Gasteiger charge is -2.13. The van der Waals surface area contributed by atoms with Gasteiger partial charge in [0.1, 0.15) is 0 Å². The van der Waals surface area contributed by atoms with E-state index in [4.69, 9.17) is 0 Å². The maximum atomic E-state index is 4.04. The van der Waals surface area contributed by atoms with Crippen LogP contribution >= 0.6 is 0 Å². The van der Waals surface area contributed by atoms with Crippen molar-refractivity contribution in [2.45, 2.75) is 39.5 Å². The number of benzene rings is 1. The molecule has 13 heavy (non-hydrogen) atoms. The first kappa shape index (κ1) is 10.3. The molecule has 0 aromatic heterocycles. The molecule has 0 aliphatic carbocycles. The fraction of sp³-hybridized carbons (Fsp3) is 0.462. The van der Waals surface area contributed by atoms with Crippen LogP contribution in [0.4, 0.5) is 0 Å². The van der Waals surface area contributed by atoms with Gasteiger partial charge in [-0.2, -0.15) is 0 Å². The van der Waals surface area contributed by atoms with Gasteiger partial charge >= 0.3 is 0 Å². The summed E-state index contributed by atoms with van der Waals surface area (Å²) >= 11 is 0. The molecule has 0 aliphatic heterocycles. The van der Waals surface area contributed by atoms with Crippen molar-refractivity contribution in [3.63, 3.8) is 0 Å². The minimum absolute atomic E-state index is 0.575. The van der Waals surface area contributed by atoms with E-state index in [9.17, 15) is 0 Å². The van der Waals surface area contributed by atoms with E-state index < -0.39 is 0 Å². The molecule has 0 heterocycles. The van der Waals surface area contributed by atoms with Crippen LogP contribution in [0.5, 0.6) is 0 Å². The molecule has 0 aliphatic rings. The molecule has 0 N–H and O–H groups in total. The maximum absolute atomic E-state index is 4.04.